The third kappa shape index (κ3) is 2.17. The minimum absolute atomic E-state index is 0.513. The van der Waals surface area contributed by atoms with E-state index in [1.54, 1.807) is 7.11 Å². The smallest absolute Gasteiger partial charge is 0.311 e. The number of benzene rings is 1. The number of anilines is 1. The normalized spacial score (nSPS) is 21.3. The van der Waals surface area contributed by atoms with Gasteiger partial charge in [0.25, 0.3) is 0 Å². The van der Waals surface area contributed by atoms with Crippen LogP contribution in [-0.4, -0.2) is 36.3 Å². The number of para-hydroxylation sites is 1. The number of aliphatic carboxylic acids is 1. The van der Waals surface area contributed by atoms with Gasteiger partial charge in [0.05, 0.1) is 18.2 Å². The number of ether oxygens (including phenoxy) is 1. The molecule has 116 valence electrons. The van der Waals surface area contributed by atoms with Crippen LogP contribution in [0, 0.1) is 12.3 Å². The molecule has 2 heterocycles. The zero-order chi connectivity index (χ0) is 15.9. The first-order valence-corrected chi connectivity index (χ1v) is 7.37. The van der Waals surface area contributed by atoms with Gasteiger partial charge in [-0.2, -0.15) is 0 Å². The fourth-order valence-electron chi connectivity index (χ4n) is 3.19. The molecule has 1 atom stereocenters. The van der Waals surface area contributed by atoms with E-state index in [0.29, 0.717) is 13.0 Å². The Morgan fingerprint density at radius 3 is 2.86 bits per heavy atom. The van der Waals surface area contributed by atoms with Gasteiger partial charge in [0.2, 0.25) is 0 Å². The SMILES string of the molecule is COc1cccc2c(N3CCC(C)(C(=O)O)C3)c(C)cnc12. The maximum atomic E-state index is 11.5. The summed E-state index contributed by atoms with van der Waals surface area (Å²) in [6.07, 6.45) is 2.48. The average molecular weight is 300 g/mol. The van der Waals surface area contributed by atoms with Gasteiger partial charge in [-0.15, -0.1) is 0 Å². The molecule has 0 aliphatic carbocycles. The molecule has 1 aliphatic rings. The second-order valence-corrected chi connectivity index (χ2v) is 6.18. The first-order chi connectivity index (χ1) is 10.5. The monoisotopic (exact) mass is 300 g/mol. The summed E-state index contributed by atoms with van der Waals surface area (Å²) in [6, 6.07) is 5.85. The Hall–Kier alpha value is -2.30. The lowest BCUT2D eigenvalue weighted by Crippen LogP contribution is -2.32. The quantitative estimate of drug-likeness (QED) is 0.944. The van der Waals surface area contributed by atoms with Gasteiger partial charge < -0.3 is 14.7 Å². The Morgan fingerprint density at radius 1 is 1.45 bits per heavy atom. The zero-order valence-electron chi connectivity index (χ0n) is 13.1. The van der Waals surface area contributed by atoms with E-state index in [2.05, 4.69) is 9.88 Å². The largest absolute Gasteiger partial charge is 0.494 e. The maximum absolute atomic E-state index is 11.5. The van der Waals surface area contributed by atoms with Gasteiger partial charge in [-0.05, 0) is 31.9 Å². The summed E-state index contributed by atoms with van der Waals surface area (Å²) in [5.74, 6) is 0.00235. The fourth-order valence-corrected chi connectivity index (χ4v) is 3.19. The number of carbonyl (C=O) groups is 1. The molecule has 1 aromatic heterocycles. The minimum Gasteiger partial charge on any atom is -0.494 e. The van der Waals surface area contributed by atoms with E-state index in [0.717, 1.165) is 34.4 Å². The lowest BCUT2D eigenvalue weighted by Gasteiger charge is -2.25. The molecule has 1 aliphatic heterocycles. The number of methoxy groups -OCH3 is 1. The molecule has 0 spiro atoms. The number of fused-ring (bicyclic) bond motifs is 1. The highest BCUT2D eigenvalue weighted by Crippen LogP contribution is 2.39. The highest BCUT2D eigenvalue weighted by atomic mass is 16.5. The van der Waals surface area contributed by atoms with Crippen molar-refractivity contribution in [3.63, 3.8) is 0 Å². The summed E-state index contributed by atoms with van der Waals surface area (Å²) in [5, 5.41) is 10.5. The van der Waals surface area contributed by atoms with E-state index in [4.69, 9.17) is 4.74 Å². The van der Waals surface area contributed by atoms with Crippen LogP contribution < -0.4 is 9.64 Å². The van der Waals surface area contributed by atoms with Crippen molar-refractivity contribution in [1.29, 1.82) is 0 Å². The lowest BCUT2D eigenvalue weighted by molar-refractivity contribution is -0.146. The molecule has 22 heavy (non-hydrogen) atoms. The molecule has 1 aromatic carbocycles. The van der Waals surface area contributed by atoms with E-state index < -0.39 is 11.4 Å². The van der Waals surface area contributed by atoms with Crippen molar-refractivity contribution in [1.82, 2.24) is 4.98 Å². The highest BCUT2D eigenvalue weighted by Gasteiger charge is 2.41. The number of carboxylic acid groups (broad SMARTS) is 1. The van der Waals surface area contributed by atoms with E-state index in [9.17, 15) is 9.90 Å². The Kier molecular flexibility index (Phi) is 3.43. The number of carboxylic acids is 1. The number of hydrogen-bond donors (Lipinski definition) is 1. The molecule has 0 saturated carbocycles. The zero-order valence-corrected chi connectivity index (χ0v) is 13.1. The van der Waals surface area contributed by atoms with Gasteiger partial charge in [-0.1, -0.05) is 12.1 Å². The van der Waals surface area contributed by atoms with E-state index in [-0.39, 0.29) is 0 Å². The number of hydrogen-bond acceptors (Lipinski definition) is 4. The van der Waals surface area contributed by atoms with Gasteiger partial charge in [-0.25, -0.2) is 0 Å². The third-order valence-electron chi connectivity index (χ3n) is 4.54. The van der Waals surface area contributed by atoms with Gasteiger partial charge in [0, 0.05) is 24.7 Å². The maximum Gasteiger partial charge on any atom is 0.311 e. The summed E-state index contributed by atoms with van der Waals surface area (Å²) < 4.78 is 5.39. The molecular formula is C17H20N2O3. The standard InChI is InChI=1S/C17H20N2O3/c1-11-9-18-14-12(5-4-6-13(14)22-3)15(11)19-8-7-17(2,10-19)16(20)21/h4-6,9H,7-8,10H2,1-3H3,(H,20,21). The van der Waals surface area contributed by atoms with Crippen LogP contribution in [0.1, 0.15) is 18.9 Å². The summed E-state index contributed by atoms with van der Waals surface area (Å²) in [4.78, 5) is 18.1. The van der Waals surface area contributed by atoms with Crippen LogP contribution in [0.5, 0.6) is 5.75 Å². The Balaban J connectivity index is 2.12. The minimum atomic E-state index is -0.733. The van der Waals surface area contributed by atoms with Crippen LogP contribution >= 0.6 is 0 Å². The van der Waals surface area contributed by atoms with Crippen LogP contribution in [0.25, 0.3) is 10.9 Å². The summed E-state index contributed by atoms with van der Waals surface area (Å²) in [5.41, 5.74) is 2.24. The first kappa shape index (κ1) is 14.6. The summed E-state index contributed by atoms with van der Waals surface area (Å²) >= 11 is 0. The predicted octanol–water partition coefficient (Wildman–Crippen LogP) is 2.85. The Bertz CT molecular complexity index is 744. The van der Waals surface area contributed by atoms with Gasteiger partial charge in [0.1, 0.15) is 11.3 Å². The van der Waals surface area contributed by atoms with E-state index in [1.165, 1.54) is 0 Å². The van der Waals surface area contributed by atoms with Crippen LogP contribution in [0.2, 0.25) is 0 Å². The molecule has 1 N–H and O–H groups in total. The van der Waals surface area contributed by atoms with Crippen LogP contribution in [0.15, 0.2) is 24.4 Å². The topological polar surface area (TPSA) is 62.7 Å². The van der Waals surface area contributed by atoms with Gasteiger partial charge in [0.15, 0.2) is 0 Å². The molecule has 5 nitrogen and oxygen atoms in total. The molecule has 0 bridgehead atoms. The van der Waals surface area contributed by atoms with Gasteiger partial charge in [-0.3, -0.25) is 9.78 Å². The predicted molar refractivity (Wildman–Crippen MR) is 85.6 cm³/mol. The molecule has 1 unspecified atom stereocenters. The molecule has 0 amide bonds. The molecule has 2 aromatic rings. The number of aromatic nitrogens is 1. The Labute approximate surface area is 129 Å². The number of aryl methyl sites for hydroxylation is 1. The first-order valence-electron chi connectivity index (χ1n) is 7.37. The third-order valence-corrected chi connectivity index (χ3v) is 4.54. The van der Waals surface area contributed by atoms with Crippen molar-refractivity contribution in [2.45, 2.75) is 20.3 Å². The summed E-state index contributed by atoms with van der Waals surface area (Å²) in [7, 11) is 1.63. The van der Waals surface area contributed by atoms with Crippen LogP contribution in [-0.2, 0) is 4.79 Å². The number of nitrogens with zero attached hydrogens (tertiary/aromatic N) is 2. The van der Waals surface area contributed by atoms with Crippen LogP contribution in [0.3, 0.4) is 0 Å². The Morgan fingerprint density at radius 2 is 2.23 bits per heavy atom. The highest BCUT2D eigenvalue weighted by molar-refractivity contribution is 5.97. The summed E-state index contributed by atoms with van der Waals surface area (Å²) in [6.45, 7) is 5.08. The van der Waals surface area contributed by atoms with E-state index >= 15 is 0 Å². The second-order valence-electron chi connectivity index (χ2n) is 6.18. The van der Waals surface area contributed by atoms with Gasteiger partial charge >= 0.3 is 5.97 Å². The number of pyridine rings is 1. The van der Waals surface area contributed by atoms with Crippen molar-refractivity contribution in [3.05, 3.63) is 30.0 Å². The molecule has 0 radical (unpaired) electrons. The van der Waals surface area contributed by atoms with Crippen molar-refractivity contribution >= 4 is 22.6 Å². The number of rotatable bonds is 3. The van der Waals surface area contributed by atoms with Crippen molar-refractivity contribution in [2.24, 2.45) is 5.41 Å². The van der Waals surface area contributed by atoms with Crippen molar-refractivity contribution in [3.8, 4) is 5.75 Å². The van der Waals surface area contributed by atoms with Crippen molar-refractivity contribution in [2.75, 3.05) is 25.1 Å². The molecule has 1 fully saturated rings. The van der Waals surface area contributed by atoms with Crippen LogP contribution in [0.4, 0.5) is 5.69 Å². The molecular weight excluding hydrogens is 280 g/mol. The second kappa shape index (κ2) is 5.16. The molecule has 3 rings (SSSR count). The fraction of sp³-hybridized carbons (Fsp3) is 0.412. The van der Waals surface area contributed by atoms with Crippen molar-refractivity contribution < 1.29 is 14.6 Å². The molecule has 5 heteroatoms. The van der Waals surface area contributed by atoms with E-state index in [1.807, 2.05) is 38.2 Å². The molecule has 1 saturated heterocycles. The average Bonchev–Trinajstić information content (AvgIpc) is 2.89. The lowest BCUT2D eigenvalue weighted by atomic mass is 9.90.